The van der Waals surface area contributed by atoms with Gasteiger partial charge in [-0.1, -0.05) is 0 Å². The van der Waals surface area contributed by atoms with Crippen LogP contribution >= 0.6 is 0 Å². The summed E-state index contributed by atoms with van der Waals surface area (Å²) >= 11 is 0. The average Bonchev–Trinajstić information content (AvgIpc) is 2.02. The Balaban J connectivity index is 3.49. The first-order chi connectivity index (χ1) is 6.45. The van der Waals surface area contributed by atoms with Gasteiger partial charge in [-0.25, -0.2) is 0 Å². The van der Waals surface area contributed by atoms with Crippen molar-refractivity contribution in [3.63, 3.8) is 0 Å². The average molecular weight is 195 g/mol. The van der Waals surface area contributed by atoms with E-state index < -0.39 is 9.85 Å². The Morgan fingerprint density at radius 1 is 1.21 bits per heavy atom. The molecule has 1 aromatic carbocycles. The Hall–Kier alpha value is -1.98. The van der Waals surface area contributed by atoms with Crippen LogP contribution in [0.4, 0.5) is 11.4 Å². The first-order valence-corrected chi connectivity index (χ1v) is 3.69. The van der Waals surface area contributed by atoms with E-state index in [1.165, 1.54) is 19.1 Å². The molecule has 0 aliphatic heterocycles. The van der Waals surface area contributed by atoms with Crippen LogP contribution in [0.5, 0.6) is 0 Å². The van der Waals surface area contributed by atoms with Crippen molar-refractivity contribution in [1.82, 2.24) is 0 Å². The minimum atomic E-state index is -0.662. The highest BCUT2D eigenvalue weighted by Crippen LogP contribution is 2.30. The van der Waals surface area contributed by atoms with Crippen LogP contribution in [0.1, 0.15) is 11.1 Å². The van der Waals surface area contributed by atoms with Crippen molar-refractivity contribution in [2.45, 2.75) is 6.92 Å². The van der Waals surface area contributed by atoms with Crippen LogP contribution < -0.4 is 0 Å². The molecule has 1 radical (unpaired) electrons. The lowest BCUT2D eigenvalue weighted by Gasteiger charge is -2.01. The monoisotopic (exact) mass is 195 g/mol. The van der Waals surface area contributed by atoms with Crippen LogP contribution in [-0.4, -0.2) is 9.85 Å². The Morgan fingerprint density at radius 3 is 2.21 bits per heavy atom. The lowest BCUT2D eigenvalue weighted by atomic mass is 10.1. The molecular weight excluding hydrogens is 188 g/mol. The third kappa shape index (κ3) is 1.54. The molecule has 14 heavy (non-hydrogen) atoms. The SMILES string of the molecule is [CH2]c1ccc([N+](=O)[O-])c(C)c1[N+](=O)[O-]. The highest BCUT2D eigenvalue weighted by molar-refractivity contribution is 5.58. The zero-order chi connectivity index (χ0) is 10.9. The van der Waals surface area contributed by atoms with Crippen LogP contribution in [0.3, 0.4) is 0 Å². The van der Waals surface area contributed by atoms with Crippen LogP contribution in [0.25, 0.3) is 0 Å². The third-order valence-electron chi connectivity index (χ3n) is 1.87. The van der Waals surface area contributed by atoms with Crippen LogP contribution in [0.2, 0.25) is 0 Å². The molecule has 0 aromatic heterocycles. The number of rotatable bonds is 2. The summed E-state index contributed by atoms with van der Waals surface area (Å²) in [4.78, 5) is 19.7. The van der Waals surface area contributed by atoms with Gasteiger partial charge in [0.05, 0.1) is 9.85 Å². The largest absolute Gasteiger partial charge is 0.282 e. The van der Waals surface area contributed by atoms with E-state index in [4.69, 9.17) is 0 Å². The molecule has 0 aliphatic rings. The lowest BCUT2D eigenvalue weighted by molar-refractivity contribution is -0.395. The molecule has 6 heteroatoms. The normalized spacial score (nSPS) is 9.86. The van der Waals surface area contributed by atoms with Gasteiger partial charge in [0, 0.05) is 11.6 Å². The maximum Gasteiger partial charge on any atom is 0.282 e. The number of nitro groups is 2. The smallest absolute Gasteiger partial charge is 0.258 e. The second-order valence-corrected chi connectivity index (χ2v) is 2.73. The van der Waals surface area contributed by atoms with Gasteiger partial charge in [-0.3, -0.25) is 20.2 Å². The highest BCUT2D eigenvalue weighted by Gasteiger charge is 2.23. The second kappa shape index (κ2) is 3.41. The summed E-state index contributed by atoms with van der Waals surface area (Å²) in [5, 5.41) is 21.0. The fourth-order valence-corrected chi connectivity index (χ4v) is 1.20. The van der Waals surface area contributed by atoms with E-state index in [-0.39, 0.29) is 22.5 Å². The number of nitro benzene ring substituents is 2. The summed E-state index contributed by atoms with van der Waals surface area (Å²) in [6, 6.07) is 2.48. The number of nitrogens with zero attached hydrogens (tertiary/aromatic N) is 2. The molecule has 0 amide bonds. The molecule has 0 bridgehead atoms. The van der Waals surface area contributed by atoms with Gasteiger partial charge in [-0.2, -0.15) is 0 Å². The van der Waals surface area contributed by atoms with Crippen LogP contribution in [0.15, 0.2) is 12.1 Å². The van der Waals surface area contributed by atoms with Gasteiger partial charge in [0.25, 0.3) is 11.4 Å². The summed E-state index contributed by atoms with van der Waals surface area (Å²) in [6.45, 7) is 4.78. The van der Waals surface area contributed by atoms with Crippen molar-refractivity contribution in [2.75, 3.05) is 0 Å². The maximum absolute atomic E-state index is 10.6. The molecule has 73 valence electrons. The minimum Gasteiger partial charge on any atom is -0.258 e. The van der Waals surface area contributed by atoms with Crippen LogP contribution in [-0.2, 0) is 0 Å². The van der Waals surface area contributed by atoms with E-state index in [0.717, 1.165) is 0 Å². The minimum absolute atomic E-state index is 0.0347. The van der Waals surface area contributed by atoms with Gasteiger partial charge >= 0.3 is 0 Å². The van der Waals surface area contributed by atoms with Crippen molar-refractivity contribution in [3.8, 4) is 0 Å². The lowest BCUT2D eigenvalue weighted by Crippen LogP contribution is -1.99. The molecule has 6 nitrogen and oxygen atoms in total. The summed E-state index contributed by atoms with van der Waals surface area (Å²) in [6.07, 6.45) is 0. The van der Waals surface area contributed by atoms with Crippen LogP contribution in [0, 0.1) is 34.1 Å². The summed E-state index contributed by atoms with van der Waals surface area (Å²) < 4.78 is 0. The van der Waals surface area contributed by atoms with Gasteiger partial charge < -0.3 is 0 Å². The van der Waals surface area contributed by atoms with Gasteiger partial charge in [0.2, 0.25) is 0 Å². The third-order valence-corrected chi connectivity index (χ3v) is 1.87. The summed E-state index contributed by atoms with van der Waals surface area (Å²) in [5.41, 5.74) is -0.339. The Bertz CT molecular complexity index is 414. The maximum atomic E-state index is 10.6. The van der Waals surface area contributed by atoms with Crippen molar-refractivity contribution < 1.29 is 9.85 Å². The fraction of sp³-hybridized carbons (Fsp3) is 0.125. The van der Waals surface area contributed by atoms with Gasteiger partial charge in [0.1, 0.15) is 5.56 Å². The Labute approximate surface area is 79.5 Å². The summed E-state index contributed by atoms with van der Waals surface area (Å²) in [7, 11) is 0. The summed E-state index contributed by atoms with van der Waals surface area (Å²) in [5.74, 6) is 0. The van der Waals surface area contributed by atoms with E-state index in [9.17, 15) is 20.2 Å². The molecule has 1 aromatic rings. The molecule has 0 N–H and O–H groups in total. The molecule has 0 heterocycles. The fourth-order valence-electron chi connectivity index (χ4n) is 1.20. The van der Waals surface area contributed by atoms with Gasteiger partial charge in [-0.05, 0) is 19.9 Å². The molecular formula is C8H7N2O4. The van der Waals surface area contributed by atoms with Crippen molar-refractivity contribution >= 4 is 11.4 Å². The zero-order valence-electron chi connectivity index (χ0n) is 7.39. The Kier molecular flexibility index (Phi) is 2.46. The molecule has 0 saturated heterocycles. The number of hydrogen-bond acceptors (Lipinski definition) is 4. The molecule has 0 unspecified atom stereocenters. The second-order valence-electron chi connectivity index (χ2n) is 2.73. The molecule has 0 spiro atoms. The van der Waals surface area contributed by atoms with Crippen molar-refractivity contribution in [3.05, 3.63) is 50.4 Å². The predicted octanol–water partition coefficient (Wildman–Crippen LogP) is 1.99. The molecule has 0 fully saturated rings. The quantitative estimate of drug-likeness (QED) is 0.533. The number of benzene rings is 1. The molecule has 1 rings (SSSR count). The van der Waals surface area contributed by atoms with E-state index in [0.29, 0.717) is 0 Å². The van der Waals surface area contributed by atoms with E-state index >= 15 is 0 Å². The van der Waals surface area contributed by atoms with Crippen molar-refractivity contribution in [2.24, 2.45) is 0 Å². The topological polar surface area (TPSA) is 86.3 Å². The van der Waals surface area contributed by atoms with E-state index in [2.05, 4.69) is 6.92 Å². The molecule has 0 aliphatic carbocycles. The first-order valence-electron chi connectivity index (χ1n) is 3.69. The molecule has 0 atom stereocenters. The number of hydrogen-bond donors (Lipinski definition) is 0. The van der Waals surface area contributed by atoms with Gasteiger partial charge in [-0.15, -0.1) is 0 Å². The molecule has 0 saturated carbocycles. The van der Waals surface area contributed by atoms with Crippen molar-refractivity contribution in [1.29, 1.82) is 0 Å². The zero-order valence-corrected chi connectivity index (χ0v) is 7.39. The highest BCUT2D eigenvalue weighted by atomic mass is 16.6. The predicted molar refractivity (Wildman–Crippen MR) is 48.9 cm³/mol. The van der Waals surface area contributed by atoms with E-state index in [1.54, 1.807) is 0 Å². The van der Waals surface area contributed by atoms with Gasteiger partial charge in [0.15, 0.2) is 0 Å². The van der Waals surface area contributed by atoms with E-state index in [1.807, 2.05) is 0 Å². The standard InChI is InChI=1S/C8H7N2O4/c1-5-3-4-7(9(11)12)6(2)8(5)10(13)14/h3-4H,1H2,2H3. The Morgan fingerprint density at radius 2 is 1.79 bits per heavy atom. The first kappa shape index (κ1) is 10.1.